The summed E-state index contributed by atoms with van der Waals surface area (Å²) in [7, 11) is 0. The van der Waals surface area contributed by atoms with Crippen LogP contribution in [0.2, 0.25) is 10.0 Å². The van der Waals surface area contributed by atoms with Gasteiger partial charge in [-0.25, -0.2) is 4.98 Å². The molecule has 2 aromatic heterocycles. The van der Waals surface area contributed by atoms with Crippen molar-refractivity contribution >= 4 is 62.7 Å². The molecule has 23 heavy (non-hydrogen) atoms. The fraction of sp³-hybridized carbons (Fsp3) is 0.0667. The number of rotatable bonds is 5. The Morgan fingerprint density at radius 2 is 2.09 bits per heavy atom. The molecule has 8 heteroatoms. The van der Waals surface area contributed by atoms with E-state index in [4.69, 9.17) is 28.3 Å². The van der Waals surface area contributed by atoms with Crippen LogP contribution < -0.4 is 5.32 Å². The van der Waals surface area contributed by atoms with Crippen LogP contribution in [0.3, 0.4) is 0 Å². The van der Waals surface area contributed by atoms with Gasteiger partial charge in [-0.3, -0.25) is 4.79 Å². The van der Waals surface area contributed by atoms with Gasteiger partial charge in [-0.1, -0.05) is 29.3 Å². The SMILES string of the molecule is O=C(O)Cc1sc(Nc2ccc(Cl)c(Cl)c2)nc1-c1cccs1. The fourth-order valence-electron chi connectivity index (χ4n) is 1.97. The highest BCUT2D eigenvalue weighted by Gasteiger charge is 2.16. The van der Waals surface area contributed by atoms with Crippen molar-refractivity contribution in [2.75, 3.05) is 5.32 Å². The number of hydrogen-bond acceptors (Lipinski definition) is 5. The van der Waals surface area contributed by atoms with Crippen molar-refractivity contribution in [1.82, 2.24) is 4.98 Å². The zero-order chi connectivity index (χ0) is 16.4. The number of thiazole rings is 1. The van der Waals surface area contributed by atoms with E-state index in [0.717, 1.165) is 10.6 Å². The number of nitrogens with zero attached hydrogens (tertiary/aromatic N) is 1. The molecule has 4 nitrogen and oxygen atoms in total. The Labute approximate surface area is 150 Å². The third kappa shape index (κ3) is 3.84. The summed E-state index contributed by atoms with van der Waals surface area (Å²) in [5, 5.41) is 15.7. The minimum Gasteiger partial charge on any atom is -0.481 e. The van der Waals surface area contributed by atoms with Crippen molar-refractivity contribution in [3.63, 3.8) is 0 Å². The molecule has 0 bridgehead atoms. The normalized spacial score (nSPS) is 10.7. The van der Waals surface area contributed by atoms with E-state index < -0.39 is 5.97 Å². The lowest BCUT2D eigenvalue weighted by Gasteiger charge is -2.03. The average Bonchev–Trinajstić information content (AvgIpc) is 3.12. The predicted molar refractivity (Wildman–Crippen MR) is 96.5 cm³/mol. The summed E-state index contributed by atoms with van der Waals surface area (Å²) in [6.07, 6.45) is -0.0616. The smallest absolute Gasteiger partial charge is 0.308 e. The lowest BCUT2D eigenvalue weighted by atomic mass is 10.2. The zero-order valence-electron chi connectivity index (χ0n) is 11.5. The van der Waals surface area contributed by atoms with Gasteiger partial charge in [-0.2, -0.15) is 0 Å². The molecule has 0 fully saturated rings. The molecule has 0 amide bonds. The molecular weight excluding hydrogens is 375 g/mol. The third-order valence-corrected chi connectivity index (χ3v) is 5.52. The molecule has 0 atom stereocenters. The van der Waals surface area contributed by atoms with Crippen LogP contribution in [0, 0.1) is 0 Å². The molecule has 3 rings (SSSR count). The molecule has 0 spiro atoms. The number of aromatic nitrogens is 1. The summed E-state index contributed by atoms with van der Waals surface area (Å²) in [5.41, 5.74) is 1.45. The maximum Gasteiger partial charge on any atom is 0.308 e. The Hall–Kier alpha value is -1.60. The van der Waals surface area contributed by atoms with Crippen molar-refractivity contribution < 1.29 is 9.90 Å². The molecule has 1 aromatic carbocycles. The van der Waals surface area contributed by atoms with Crippen molar-refractivity contribution in [3.8, 4) is 10.6 Å². The second-order valence-corrected chi connectivity index (χ2v) is 7.44. The average molecular weight is 385 g/mol. The van der Waals surface area contributed by atoms with E-state index >= 15 is 0 Å². The highest BCUT2D eigenvalue weighted by molar-refractivity contribution is 7.17. The number of nitrogens with one attached hydrogen (secondary N) is 1. The molecule has 0 radical (unpaired) electrons. The Morgan fingerprint density at radius 1 is 1.26 bits per heavy atom. The third-order valence-electron chi connectivity index (χ3n) is 2.93. The highest BCUT2D eigenvalue weighted by atomic mass is 35.5. The van der Waals surface area contributed by atoms with Gasteiger partial charge < -0.3 is 10.4 Å². The van der Waals surface area contributed by atoms with Crippen molar-refractivity contribution in [3.05, 3.63) is 50.6 Å². The number of hydrogen-bond donors (Lipinski definition) is 2. The van der Waals surface area contributed by atoms with Gasteiger partial charge in [0.15, 0.2) is 5.13 Å². The van der Waals surface area contributed by atoms with E-state index in [1.54, 1.807) is 18.2 Å². The van der Waals surface area contributed by atoms with E-state index in [1.165, 1.54) is 22.7 Å². The van der Waals surface area contributed by atoms with Crippen LogP contribution in [0.1, 0.15) is 4.88 Å². The lowest BCUT2D eigenvalue weighted by molar-refractivity contribution is -0.136. The van der Waals surface area contributed by atoms with Gasteiger partial charge in [0, 0.05) is 10.6 Å². The fourth-order valence-corrected chi connectivity index (χ4v) is 4.06. The monoisotopic (exact) mass is 384 g/mol. The molecule has 0 unspecified atom stereocenters. The molecule has 0 aliphatic carbocycles. The number of thiophene rings is 1. The van der Waals surface area contributed by atoms with Crippen LogP contribution in [0.4, 0.5) is 10.8 Å². The molecule has 0 saturated heterocycles. The number of anilines is 2. The highest BCUT2D eigenvalue weighted by Crippen LogP contribution is 2.36. The standard InChI is InChI=1S/C15H10Cl2N2O2S2/c16-9-4-3-8(6-10(9)17)18-15-19-14(11-2-1-5-22-11)12(23-15)7-13(20)21/h1-6H,7H2,(H,18,19)(H,20,21). The predicted octanol–water partition coefficient (Wildman–Crippen LogP) is 5.55. The topological polar surface area (TPSA) is 62.2 Å². The summed E-state index contributed by atoms with van der Waals surface area (Å²) < 4.78 is 0. The zero-order valence-corrected chi connectivity index (χ0v) is 14.7. The Morgan fingerprint density at radius 3 is 2.74 bits per heavy atom. The number of carboxylic acids is 1. The number of carboxylic acid groups (broad SMARTS) is 1. The second kappa shape index (κ2) is 6.88. The van der Waals surface area contributed by atoms with Gasteiger partial charge in [0.25, 0.3) is 0 Å². The molecular formula is C15H10Cl2N2O2S2. The van der Waals surface area contributed by atoms with Crippen LogP contribution in [-0.4, -0.2) is 16.1 Å². The molecule has 0 saturated carbocycles. The van der Waals surface area contributed by atoms with Crippen LogP contribution >= 0.6 is 45.9 Å². The summed E-state index contributed by atoms with van der Waals surface area (Å²) in [4.78, 5) is 17.3. The molecule has 0 aliphatic rings. The summed E-state index contributed by atoms with van der Waals surface area (Å²) in [6, 6.07) is 9.02. The van der Waals surface area contributed by atoms with Gasteiger partial charge in [0.05, 0.1) is 27.0 Å². The number of aliphatic carboxylic acids is 1. The first-order valence-electron chi connectivity index (χ1n) is 6.50. The van der Waals surface area contributed by atoms with Crippen LogP contribution in [0.25, 0.3) is 10.6 Å². The van der Waals surface area contributed by atoms with E-state index in [-0.39, 0.29) is 6.42 Å². The number of halogens is 2. The van der Waals surface area contributed by atoms with E-state index in [9.17, 15) is 4.79 Å². The Kier molecular flexibility index (Phi) is 4.87. The number of carbonyl (C=O) groups is 1. The second-order valence-electron chi connectivity index (χ2n) is 4.59. The molecule has 2 N–H and O–H groups in total. The van der Waals surface area contributed by atoms with Gasteiger partial charge in [-0.05, 0) is 29.6 Å². The minimum atomic E-state index is -0.882. The van der Waals surface area contributed by atoms with Crippen LogP contribution in [0.5, 0.6) is 0 Å². The van der Waals surface area contributed by atoms with Crippen molar-refractivity contribution in [2.45, 2.75) is 6.42 Å². The van der Waals surface area contributed by atoms with Gasteiger partial charge in [0.2, 0.25) is 0 Å². The van der Waals surface area contributed by atoms with Crippen molar-refractivity contribution in [1.29, 1.82) is 0 Å². The maximum atomic E-state index is 11.1. The summed E-state index contributed by atoms with van der Waals surface area (Å²) >= 11 is 14.7. The first-order chi connectivity index (χ1) is 11.0. The molecule has 0 aliphatic heterocycles. The number of benzene rings is 1. The van der Waals surface area contributed by atoms with Gasteiger partial charge in [0.1, 0.15) is 0 Å². The lowest BCUT2D eigenvalue weighted by Crippen LogP contribution is -1.98. The Balaban J connectivity index is 1.93. The van der Waals surface area contributed by atoms with Crippen LogP contribution in [-0.2, 0) is 11.2 Å². The van der Waals surface area contributed by atoms with Crippen molar-refractivity contribution in [2.24, 2.45) is 0 Å². The quantitative estimate of drug-likeness (QED) is 0.605. The largest absolute Gasteiger partial charge is 0.481 e. The van der Waals surface area contributed by atoms with E-state index in [0.29, 0.717) is 25.7 Å². The molecule has 118 valence electrons. The van der Waals surface area contributed by atoms with E-state index in [1.807, 2.05) is 17.5 Å². The maximum absolute atomic E-state index is 11.1. The van der Waals surface area contributed by atoms with Gasteiger partial charge >= 0.3 is 5.97 Å². The molecule has 3 aromatic rings. The van der Waals surface area contributed by atoms with Gasteiger partial charge in [-0.15, -0.1) is 22.7 Å². The summed E-state index contributed by atoms with van der Waals surface area (Å²) in [5.74, 6) is -0.882. The molecule has 2 heterocycles. The first-order valence-corrected chi connectivity index (χ1v) is 8.95. The minimum absolute atomic E-state index is 0.0616. The van der Waals surface area contributed by atoms with Crippen LogP contribution in [0.15, 0.2) is 35.7 Å². The summed E-state index contributed by atoms with van der Waals surface area (Å²) in [6.45, 7) is 0. The van der Waals surface area contributed by atoms with E-state index in [2.05, 4.69) is 10.3 Å². The Bertz CT molecular complexity index is 847. The first kappa shape index (κ1) is 16.3.